The van der Waals surface area contributed by atoms with E-state index in [-0.39, 0.29) is 16.6 Å². The molecule has 1 rings (SSSR count). The molecule has 102 valence electrons. The van der Waals surface area contributed by atoms with Crippen LogP contribution in [-0.4, -0.2) is 32.0 Å². The first-order valence-corrected chi connectivity index (χ1v) is 7.88. The third-order valence-electron chi connectivity index (χ3n) is 2.31. The Balaban J connectivity index is 2.88. The summed E-state index contributed by atoms with van der Waals surface area (Å²) in [5.41, 5.74) is 0.195. The molecule has 5 nitrogen and oxygen atoms in total. The normalized spacial score (nSPS) is 14.2. The summed E-state index contributed by atoms with van der Waals surface area (Å²) >= 11 is 6.00. The van der Waals surface area contributed by atoms with E-state index >= 15 is 0 Å². The molecule has 1 N–H and O–H groups in total. The lowest BCUT2D eigenvalue weighted by Gasteiger charge is -2.15. The Morgan fingerprint density at radius 2 is 2.28 bits per heavy atom. The summed E-state index contributed by atoms with van der Waals surface area (Å²) in [5.74, 6) is 0.494. The van der Waals surface area contributed by atoms with Gasteiger partial charge in [0.05, 0.1) is 11.9 Å². The van der Waals surface area contributed by atoms with Gasteiger partial charge in [-0.2, -0.15) is 5.10 Å². The van der Waals surface area contributed by atoms with E-state index in [1.54, 1.807) is 6.26 Å². The molecule has 2 unspecified atom stereocenters. The molecule has 0 amide bonds. The Bertz CT molecular complexity index is 490. The van der Waals surface area contributed by atoms with Crippen LogP contribution in [0.25, 0.3) is 0 Å². The van der Waals surface area contributed by atoms with Crippen molar-refractivity contribution in [1.29, 1.82) is 0 Å². The van der Waals surface area contributed by atoms with E-state index in [4.69, 9.17) is 11.6 Å². The SMILES string of the molecule is CCCn1ncc(NC(C)CS(C)=O)c(Cl)c1=O. The van der Waals surface area contributed by atoms with Crippen LogP contribution in [0.15, 0.2) is 11.0 Å². The zero-order valence-electron chi connectivity index (χ0n) is 10.8. The van der Waals surface area contributed by atoms with Crippen LogP contribution in [0.1, 0.15) is 20.3 Å². The van der Waals surface area contributed by atoms with Gasteiger partial charge in [0.15, 0.2) is 0 Å². The van der Waals surface area contributed by atoms with Crippen molar-refractivity contribution < 1.29 is 4.21 Å². The second kappa shape index (κ2) is 6.89. The predicted octanol–water partition coefficient (Wildman–Crippen LogP) is 1.49. The van der Waals surface area contributed by atoms with Gasteiger partial charge < -0.3 is 5.32 Å². The van der Waals surface area contributed by atoms with E-state index < -0.39 is 10.8 Å². The molecule has 0 aliphatic rings. The van der Waals surface area contributed by atoms with Crippen LogP contribution in [0.5, 0.6) is 0 Å². The molecule has 0 saturated heterocycles. The van der Waals surface area contributed by atoms with Crippen molar-refractivity contribution >= 4 is 28.1 Å². The van der Waals surface area contributed by atoms with Crippen LogP contribution >= 0.6 is 11.6 Å². The first-order valence-electron chi connectivity index (χ1n) is 5.77. The number of anilines is 1. The molecule has 0 radical (unpaired) electrons. The molecule has 7 heteroatoms. The number of hydrogen-bond acceptors (Lipinski definition) is 4. The van der Waals surface area contributed by atoms with Gasteiger partial charge in [-0.3, -0.25) is 9.00 Å². The third-order valence-corrected chi connectivity index (χ3v) is 3.64. The molecule has 0 aromatic carbocycles. The lowest BCUT2D eigenvalue weighted by Crippen LogP contribution is -2.27. The van der Waals surface area contributed by atoms with Crippen molar-refractivity contribution in [3.63, 3.8) is 0 Å². The van der Waals surface area contributed by atoms with Crippen LogP contribution in [0.3, 0.4) is 0 Å². The topological polar surface area (TPSA) is 64.0 Å². The predicted molar refractivity (Wildman–Crippen MR) is 75.8 cm³/mol. The highest BCUT2D eigenvalue weighted by molar-refractivity contribution is 7.84. The Kier molecular flexibility index (Phi) is 5.81. The van der Waals surface area contributed by atoms with E-state index in [0.29, 0.717) is 18.0 Å². The number of aryl methyl sites for hydroxylation is 1. The minimum absolute atomic E-state index is 0.0310. The highest BCUT2D eigenvalue weighted by Crippen LogP contribution is 2.16. The molecule has 0 saturated carbocycles. The zero-order valence-corrected chi connectivity index (χ0v) is 12.3. The van der Waals surface area contributed by atoms with Gasteiger partial charge in [-0.25, -0.2) is 4.68 Å². The second-order valence-corrected chi connectivity index (χ2v) is 6.04. The molecule has 0 spiro atoms. The van der Waals surface area contributed by atoms with Crippen molar-refractivity contribution in [1.82, 2.24) is 9.78 Å². The summed E-state index contributed by atoms with van der Waals surface area (Å²) in [7, 11) is -0.898. The quantitative estimate of drug-likeness (QED) is 0.862. The zero-order chi connectivity index (χ0) is 13.7. The van der Waals surface area contributed by atoms with Gasteiger partial charge in [-0.15, -0.1) is 0 Å². The Hall–Kier alpha value is -0.880. The summed E-state index contributed by atoms with van der Waals surface area (Å²) in [6.45, 7) is 4.40. The molecule has 1 aromatic rings. The summed E-state index contributed by atoms with van der Waals surface area (Å²) in [5, 5.41) is 7.22. The number of hydrogen-bond donors (Lipinski definition) is 1. The number of nitrogens with one attached hydrogen (secondary N) is 1. The van der Waals surface area contributed by atoms with Crippen molar-refractivity contribution in [3.05, 3.63) is 21.6 Å². The molecular formula is C11H18ClN3O2S. The number of rotatable bonds is 6. The van der Waals surface area contributed by atoms with E-state index in [2.05, 4.69) is 10.4 Å². The number of nitrogens with zero attached hydrogens (tertiary/aromatic N) is 2. The molecule has 18 heavy (non-hydrogen) atoms. The van der Waals surface area contributed by atoms with Crippen LogP contribution in [0.4, 0.5) is 5.69 Å². The Morgan fingerprint density at radius 1 is 1.61 bits per heavy atom. The second-order valence-electron chi connectivity index (χ2n) is 4.19. The monoisotopic (exact) mass is 291 g/mol. The smallest absolute Gasteiger partial charge is 0.287 e. The molecule has 0 aliphatic heterocycles. The van der Waals surface area contributed by atoms with E-state index in [1.807, 2.05) is 13.8 Å². The Morgan fingerprint density at radius 3 is 2.83 bits per heavy atom. The molecule has 0 fully saturated rings. The standard InChI is InChI=1S/C11H18ClN3O2S/c1-4-5-15-11(16)10(12)9(6-13-15)14-8(2)7-18(3)17/h6,8,14H,4-5,7H2,1-3H3. The van der Waals surface area contributed by atoms with Gasteiger partial charge in [0.1, 0.15) is 5.02 Å². The van der Waals surface area contributed by atoms with Crippen molar-refractivity contribution in [2.24, 2.45) is 0 Å². The Labute approximate surface area is 114 Å². The molecule has 0 bridgehead atoms. The van der Waals surface area contributed by atoms with Gasteiger partial charge >= 0.3 is 0 Å². The maximum atomic E-state index is 11.9. The molecule has 2 atom stereocenters. The fourth-order valence-corrected chi connectivity index (χ4v) is 2.58. The van der Waals surface area contributed by atoms with Gasteiger partial charge in [0.25, 0.3) is 5.56 Å². The highest BCUT2D eigenvalue weighted by Gasteiger charge is 2.11. The van der Waals surface area contributed by atoms with Gasteiger partial charge in [-0.05, 0) is 13.3 Å². The van der Waals surface area contributed by atoms with Crippen molar-refractivity contribution in [2.45, 2.75) is 32.9 Å². The van der Waals surface area contributed by atoms with Crippen LogP contribution in [-0.2, 0) is 17.3 Å². The minimum atomic E-state index is -0.898. The van der Waals surface area contributed by atoms with Crippen molar-refractivity contribution in [3.8, 4) is 0 Å². The van der Waals surface area contributed by atoms with E-state index in [1.165, 1.54) is 10.9 Å². The first kappa shape index (κ1) is 15.2. The van der Waals surface area contributed by atoms with Crippen LogP contribution < -0.4 is 10.9 Å². The lowest BCUT2D eigenvalue weighted by atomic mass is 10.3. The molecule has 1 aromatic heterocycles. The van der Waals surface area contributed by atoms with Gasteiger partial charge in [-0.1, -0.05) is 18.5 Å². The maximum absolute atomic E-state index is 11.9. The van der Waals surface area contributed by atoms with Crippen LogP contribution in [0.2, 0.25) is 5.02 Å². The maximum Gasteiger partial charge on any atom is 0.287 e. The molecule has 1 heterocycles. The van der Waals surface area contributed by atoms with Gasteiger partial charge in [0.2, 0.25) is 0 Å². The summed E-state index contributed by atoms with van der Waals surface area (Å²) < 4.78 is 12.4. The summed E-state index contributed by atoms with van der Waals surface area (Å²) in [6.07, 6.45) is 3.99. The average Bonchev–Trinajstić information content (AvgIpc) is 2.28. The average molecular weight is 292 g/mol. The summed E-state index contributed by atoms with van der Waals surface area (Å²) in [4.78, 5) is 11.9. The van der Waals surface area contributed by atoms with Gasteiger partial charge in [0, 0.05) is 35.4 Å². The fraction of sp³-hybridized carbons (Fsp3) is 0.636. The molecule has 0 aliphatic carbocycles. The highest BCUT2D eigenvalue weighted by atomic mass is 35.5. The fourth-order valence-electron chi connectivity index (χ4n) is 1.60. The number of aromatic nitrogens is 2. The third kappa shape index (κ3) is 4.10. The lowest BCUT2D eigenvalue weighted by molar-refractivity contribution is 0.568. The first-order chi connectivity index (χ1) is 8.45. The van der Waals surface area contributed by atoms with E-state index in [0.717, 1.165) is 6.42 Å². The van der Waals surface area contributed by atoms with E-state index in [9.17, 15) is 9.00 Å². The number of halogens is 1. The minimum Gasteiger partial charge on any atom is -0.379 e. The van der Waals surface area contributed by atoms with Crippen molar-refractivity contribution in [2.75, 3.05) is 17.3 Å². The van der Waals surface area contributed by atoms with Crippen LogP contribution in [0, 0.1) is 0 Å². The molecular weight excluding hydrogens is 274 g/mol. The largest absolute Gasteiger partial charge is 0.379 e. The summed E-state index contributed by atoms with van der Waals surface area (Å²) in [6, 6.07) is -0.0310.